The molecule has 0 spiro atoms. The maximum atomic E-state index is 5.78. The van der Waals surface area contributed by atoms with E-state index < -0.39 is 0 Å². The number of nitrogens with zero attached hydrogens (tertiary/aromatic N) is 2. The predicted molar refractivity (Wildman–Crippen MR) is 72.1 cm³/mol. The molecule has 0 amide bonds. The predicted octanol–water partition coefficient (Wildman–Crippen LogP) is 1.18. The lowest BCUT2D eigenvalue weighted by Crippen LogP contribution is -2.36. The van der Waals surface area contributed by atoms with Crippen molar-refractivity contribution in [2.75, 3.05) is 26.2 Å². The standard InChI is InChI=1S/C13H26N4/c1-11-4-2-8-17(10-11)9-3-7-15-13(14)16-12-5-6-12/h11-12H,2-10H2,1H3,(H3,14,15,16)/t11-/m0/s1. The van der Waals surface area contributed by atoms with Crippen molar-refractivity contribution >= 4 is 5.96 Å². The molecule has 0 aromatic heterocycles. The molecule has 0 aromatic rings. The first-order chi connectivity index (χ1) is 8.24. The van der Waals surface area contributed by atoms with Crippen LogP contribution in [0.25, 0.3) is 0 Å². The summed E-state index contributed by atoms with van der Waals surface area (Å²) in [6.07, 6.45) is 6.38. The van der Waals surface area contributed by atoms with E-state index in [0.29, 0.717) is 12.0 Å². The van der Waals surface area contributed by atoms with Crippen molar-refractivity contribution < 1.29 is 0 Å². The Labute approximate surface area is 105 Å². The normalized spacial score (nSPS) is 27.1. The Morgan fingerprint density at radius 2 is 2.24 bits per heavy atom. The van der Waals surface area contributed by atoms with E-state index in [9.17, 15) is 0 Å². The van der Waals surface area contributed by atoms with Crippen LogP contribution in [0.15, 0.2) is 4.99 Å². The van der Waals surface area contributed by atoms with Crippen molar-refractivity contribution in [2.45, 2.75) is 45.1 Å². The van der Waals surface area contributed by atoms with Crippen LogP contribution in [0.4, 0.5) is 0 Å². The van der Waals surface area contributed by atoms with E-state index in [0.717, 1.165) is 18.9 Å². The highest BCUT2D eigenvalue weighted by atomic mass is 15.1. The maximum absolute atomic E-state index is 5.78. The van der Waals surface area contributed by atoms with Gasteiger partial charge in [0, 0.05) is 19.1 Å². The molecule has 4 nitrogen and oxygen atoms in total. The Balaban J connectivity index is 1.55. The number of hydrogen-bond donors (Lipinski definition) is 2. The van der Waals surface area contributed by atoms with Crippen LogP contribution in [-0.2, 0) is 0 Å². The summed E-state index contributed by atoms with van der Waals surface area (Å²) in [6.45, 7) is 6.91. The number of nitrogens with two attached hydrogens (primary N) is 1. The van der Waals surface area contributed by atoms with E-state index in [1.807, 2.05) is 0 Å². The number of guanidine groups is 1. The van der Waals surface area contributed by atoms with Gasteiger partial charge in [0.15, 0.2) is 5.96 Å². The summed E-state index contributed by atoms with van der Waals surface area (Å²) in [5.74, 6) is 1.51. The second-order valence-electron chi connectivity index (χ2n) is 5.59. The Kier molecular flexibility index (Phi) is 4.66. The maximum Gasteiger partial charge on any atom is 0.188 e. The van der Waals surface area contributed by atoms with Crippen molar-refractivity contribution in [1.82, 2.24) is 10.2 Å². The molecule has 4 heteroatoms. The molecule has 17 heavy (non-hydrogen) atoms. The van der Waals surface area contributed by atoms with Crippen molar-refractivity contribution in [3.63, 3.8) is 0 Å². The highest BCUT2D eigenvalue weighted by Gasteiger charge is 2.21. The van der Waals surface area contributed by atoms with Gasteiger partial charge in [-0.2, -0.15) is 0 Å². The van der Waals surface area contributed by atoms with E-state index in [4.69, 9.17) is 5.73 Å². The lowest BCUT2D eigenvalue weighted by molar-refractivity contribution is 0.183. The third-order valence-corrected chi connectivity index (χ3v) is 3.59. The number of rotatable bonds is 5. The molecule has 3 N–H and O–H groups in total. The first kappa shape index (κ1) is 12.7. The molecule has 0 aromatic carbocycles. The quantitative estimate of drug-likeness (QED) is 0.429. The van der Waals surface area contributed by atoms with Gasteiger partial charge < -0.3 is 16.0 Å². The van der Waals surface area contributed by atoms with E-state index in [1.165, 1.54) is 45.3 Å². The van der Waals surface area contributed by atoms with E-state index >= 15 is 0 Å². The van der Waals surface area contributed by atoms with Crippen LogP contribution in [0, 0.1) is 5.92 Å². The molecule has 2 fully saturated rings. The van der Waals surface area contributed by atoms with Gasteiger partial charge in [0.05, 0.1) is 0 Å². The fourth-order valence-corrected chi connectivity index (χ4v) is 2.47. The van der Waals surface area contributed by atoms with Crippen LogP contribution < -0.4 is 11.1 Å². The van der Waals surface area contributed by atoms with Crippen LogP contribution in [-0.4, -0.2) is 43.1 Å². The van der Waals surface area contributed by atoms with Crippen molar-refractivity contribution in [2.24, 2.45) is 16.6 Å². The summed E-state index contributed by atoms with van der Waals surface area (Å²) >= 11 is 0. The molecule has 1 atom stereocenters. The first-order valence-electron chi connectivity index (χ1n) is 7.03. The van der Waals surface area contributed by atoms with E-state index in [2.05, 4.69) is 22.1 Å². The molecule has 1 heterocycles. The number of likely N-dealkylation sites (tertiary alicyclic amines) is 1. The lowest BCUT2D eigenvalue weighted by Gasteiger charge is -2.30. The average molecular weight is 238 g/mol. The Hall–Kier alpha value is -0.770. The van der Waals surface area contributed by atoms with Gasteiger partial charge in [-0.3, -0.25) is 4.99 Å². The SMILES string of the molecule is C[C@H]1CCCN(CCCN=C(N)NC2CC2)C1. The molecule has 98 valence electrons. The minimum atomic E-state index is 0.613. The summed E-state index contributed by atoms with van der Waals surface area (Å²) in [5.41, 5.74) is 5.78. The van der Waals surface area contributed by atoms with Gasteiger partial charge in [-0.1, -0.05) is 6.92 Å². The van der Waals surface area contributed by atoms with Gasteiger partial charge in [-0.05, 0) is 51.1 Å². The molecule has 1 saturated heterocycles. The summed E-state index contributed by atoms with van der Waals surface area (Å²) in [7, 11) is 0. The minimum Gasteiger partial charge on any atom is -0.370 e. The summed E-state index contributed by atoms with van der Waals surface area (Å²) in [6, 6.07) is 0.613. The molecule has 2 rings (SSSR count). The third kappa shape index (κ3) is 4.94. The Morgan fingerprint density at radius 3 is 2.94 bits per heavy atom. The fourth-order valence-electron chi connectivity index (χ4n) is 2.47. The van der Waals surface area contributed by atoms with Gasteiger partial charge in [0.25, 0.3) is 0 Å². The van der Waals surface area contributed by atoms with Crippen LogP contribution in [0.5, 0.6) is 0 Å². The van der Waals surface area contributed by atoms with Gasteiger partial charge in [0.2, 0.25) is 0 Å². The zero-order valence-corrected chi connectivity index (χ0v) is 11.0. The number of aliphatic imine (C=N–C) groups is 1. The monoisotopic (exact) mass is 238 g/mol. The third-order valence-electron chi connectivity index (χ3n) is 3.59. The van der Waals surface area contributed by atoms with Gasteiger partial charge in [0.1, 0.15) is 0 Å². The second-order valence-corrected chi connectivity index (χ2v) is 5.59. The fraction of sp³-hybridized carbons (Fsp3) is 0.923. The van der Waals surface area contributed by atoms with Crippen molar-refractivity contribution in [3.8, 4) is 0 Å². The second kappa shape index (κ2) is 6.24. The molecular weight excluding hydrogens is 212 g/mol. The Bertz CT molecular complexity index is 260. The molecule has 1 aliphatic carbocycles. The molecule has 1 aliphatic heterocycles. The topological polar surface area (TPSA) is 53.6 Å². The molecule has 2 aliphatic rings. The van der Waals surface area contributed by atoms with Crippen LogP contribution in [0.1, 0.15) is 39.0 Å². The molecular formula is C13H26N4. The summed E-state index contributed by atoms with van der Waals surface area (Å²) < 4.78 is 0. The first-order valence-corrected chi connectivity index (χ1v) is 7.03. The van der Waals surface area contributed by atoms with E-state index in [1.54, 1.807) is 0 Å². The van der Waals surface area contributed by atoms with Crippen LogP contribution >= 0.6 is 0 Å². The van der Waals surface area contributed by atoms with E-state index in [-0.39, 0.29) is 0 Å². The van der Waals surface area contributed by atoms with Crippen LogP contribution in [0.2, 0.25) is 0 Å². The highest BCUT2D eigenvalue weighted by Crippen LogP contribution is 2.18. The molecule has 0 bridgehead atoms. The summed E-state index contributed by atoms with van der Waals surface area (Å²) in [4.78, 5) is 6.93. The van der Waals surface area contributed by atoms with Crippen LogP contribution in [0.3, 0.4) is 0 Å². The van der Waals surface area contributed by atoms with Gasteiger partial charge in [-0.15, -0.1) is 0 Å². The number of piperidine rings is 1. The van der Waals surface area contributed by atoms with Gasteiger partial charge in [-0.25, -0.2) is 0 Å². The van der Waals surface area contributed by atoms with Crippen molar-refractivity contribution in [3.05, 3.63) is 0 Å². The molecule has 1 saturated carbocycles. The molecule has 0 unspecified atom stereocenters. The van der Waals surface area contributed by atoms with Gasteiger partial charge >= 0.3 is 0 Å². The zero-order chi connectivity index (χ0) is 12.1. The smallest absolute Gasteiger partial charge is 0.188 e. The lowest BCUT2D eigenvalue weighted by atomic mass is 10.0. The van der Waals surface area contributed by atoms with Crippen molar-refractivity contribution in [1.29, 1.82) is 0 Å². The largest absolute Gasteiger partial charge is 0.370 e. The minimum absolute atomic E-state index is 0.613. The zero-order valence-electron chi connectivity index (χ0n) is 11.0. The molecule has 0 radical (unpaired) electrons. The Morgan fingerprint density at radius 1 is 1.41 bits per heavy atom. The highest BCUT2D eigenvalue weighted by molar-refractivity contribution is 5.78. The number of hydrogen-bond acceptors (Lipinski definition) is 2. The summed E-state index contributed by atoms with van der Waals surface area (Å²) in [5, 5.41) is 3.21. The average Bonchev–Trinajstić information content (AvgIpc) is 3.08. The number of nitrogens with one attached hydrogen (secondary N) is 1.